The third-order valence-corrected chi connectivity index (χ3v) is 9.30. The number of carbonyl (C=O) groups is 1. The maximum absolute atomic E-state index is 13.3. The van der Waals surface area contributed by atoms with E-state index in [-0.39, 0.29) is 27.2 Å². The Kier molecular flexibility index (Phi) is 7.31. The molecule has 8 heteroatoms. The van der Waals surface area contributed by atoms with Gasteiger partial charge in [-0.1, -0.05) is 36.4 Å². The fourth-order valence-corrected chi connectivity index (χ4v) is 6.75. The lowest BCUT2D eigenvalue weighted by molar-refractivity contribution is 0.109. The van der Waals surface area contributed by atoms with E-state index in [0.717, 1.165) is 57.2 Å². The Morgan fingerprint density at radius 3 is 2.38 bits per heavy atom. The van der Waals surface area contributed by atoms with Gasteiger partial charge in [-0.3, -0.25) is 4.90 Å². The van der Waals surface area contributed by atoms with Crippen molar-refractivity contribution in [3.05, 3.63) is 90.2 Å². The predicted molar refractivity (Wildman–Crippen MR) is 142 cm³/mol. The molecule has 2 fully saturated rings. The largest absolute Gasteiger partial charge is 0.331 e. The average molecular weight is 522 g/mol. The maximum atomic E-state index is 13.3. The molecule has 1 saturated carbocycles. The molecule has 5 rings (SSSR count). The van der Waals surface area contributed by atoms with Gasteiger partial charge in [0.25, 0.3) is 0 Å². The summed E-state index contributed by atoms with van der Waals surface area (Å²) in [5, 5.41) is 6.04. The van der Waals surface area contributed by atoms with Crippen LogP contribution in [0.15, 0.2) is 88.7 Å². The summed E-state index contributed by atoms with van der Waals surface area (Å²) >= 11 is 0. The van der Waals surface area contributed by atoms with Crippen LogP contribution in [0.5, 0.6) is 0 Å². The molecule has 2 N–H and O–H groups in total. The number of carbonyl (C=O) groups excluding carboxylic acids is 1. The first-order valence-electron chi connectivity index (χ1n) is 12.8. The number of rotatable bonds is 8. The number of hydrogen-bond acceptors (Lipinski definition) is 4. The van der Waals surface area contributed by atoms with Gasteiger partial charge in [0, 0.05) is 18.3 Å². The van der Waals surface area contributed by atoms with E-state index in [1.54, 1.807) is 42.5 Å². The SMILES string of the molecule is O=C(Nc1cccc(S(=O)(=O)c2ccccc2)c1)NC1(CN2CCCC2Cc2ccc(F)cc2)CCC1. The quantitative estimate of drug-likeness (QED) is 0.416. The summed E-state index contributed by atoms with van der Waals surface area (Å²) < 4.78 is 39.3. The van der Waals surface area contributed by atoms with Crippen molar-refractivity contribution in [2.24, 2.45) is 0 Å². The molecular formula is C29H32FN3O3S. The van der Waals surface area contributed by atoms with E-state index in [0.29, 0.717) is 11.7 Å². The zero-order valence-electron chi connectivity index (χ0n) is 20.7. The highest BCUT2D eigenvalue weighted by Gasteiger charge is 2.42. The van der Waals surface area contributed by atoms with Gasteiger partial charge in [0.05, 0.1) is 15.3 Å². The molecule has 1 aliphatic heterocycles. The van der Waals surface area contributed by atoms with E-state index in [9.17, 15) is 17.6 Å². The van der Waals surface area contributed by atoms with Crippen LogP contribution in [0.1, 0.15) is 37.7 Å². The fourth-order valence-electron chi connectivity index (χ4n) is 5.42. The number of likely N-dealkylation sites (tertiary alicyclic amines) is 1. The molecule has 6 nitrogen and oxygen atoms in total. The molecule has 0 spiro atoms. The van der Waals surface area contributed by atoms with Crippen LogP contribution in [0.2, 0.25) is 0 Å². The summed E-state index contributed by atoms with van der Waals surface area (Å²) in [6.07, 6.45) is 5.93. The first-order valence-corrected chi connectivity index (χ1v) is 14.3. The molecule has 194 valence electrons. The van der Waals surface area contributed by atoms with Crippen molar-refractivity contribution >= 4 is 21.6 Å². The number of sulfone groups is 1. The highest BCUT2D eigenvalue weighted by Crippen LogP contribution is 2.35. The second-order valence-corrected chi connectivity index (χ2v) is 12.1. The molecule has 1 saturated heterocycles. The van der Waals surface area contributed by atoms with Gasteiger partial charge in [-0.05, 0) is 93.1 Å². The van der Waals surface area contributed by atoms with Crippen molar-refractivity contribution < 1.29 is 17.6 Å². The summed E-state index contributed by atoms with van der Waals surface area (Å²) in [7, 11) is -3.68. The minimum atomic E-state index is -3.68. The zero-order chi connectivity index (χ0) is 25.9. The van der Waals surface area contributed by atoms with Gasteiger partial charge in [-0.25, -0.2) is 17.6 Å². The zero-order valence-corrected chi connectivity index (χ0v) is 21.5. The van der Waals surface area contributed by atoms with Crippen molar-refractivity contribution in [1.29, 1.82) is 0 Å². The molecule has 37 heavy (non-hydrogen) atoms. The van der Waals surface area contributed by atoms with Gasteiger partial charge in [-0.2, -0.15) is 0 Å². The Balaban J connectivity index is 1.23. The van der Waals surface area contributed by atoms with Crippen LogP contribution in [0.25, 0.3) is 0 Å². The highest BCUT2D eigenvalue weighted by molar-refractivity contribution is 7.91. The maximum Gasteiger partial charge on any atom is 0.319 e. The van der Waals surface area contributed by atoms with Crippen LogP contribution >= 0.6 is 0 Å². The fraction of sp³-hybridized carbons (Fsp3) is 0.345. The Morgan fingerprint density at radius 1 is 0.946 bits per heavy atom. The molecule has 1 unspecified atom stereocenters. The number of nitrogens with zero attached hydrogens (tertiary/aromatic N) is 1. The molecular weight excluding hydrogens is 489 g/mol. The van der Waals surface area contributed by atoms with E-state index in [2.05, 4.69) is 15.5 Å². The van der Waals surface area contributed by atoms with Crippen LogP contribution in [-0.2, 0) is 16.3 Å². The summed E-state index contributed by atoms with van der Waals surface area (Å²) in [6, 6.07) is 21.4. The smallest absolute Gasteiger partial charge is 0.319 e. The molecule has 0 radical (unpaired) electrons. The molecule has 1 atom stereocenters. The van der Waals surface area contributed by atoms with Crippen LogP contribution in [0.4, 0.5) is 14.9 Å². The summed E-state index contributed by atoms with van der Waals surface area (Å²) in [5.74, 6) is -0.223. The average Bonchev–Trinajstić information content (AvgIpc) is 3.31. The van der Waals surface area contributed by atoms with E-state index in [4.69, 9.17) is 0 Å². The molecule has 1 aliphatic carbocycles. The number of urea groups is 1. The lowest BCUT2D eigenvalue weighted by Gasteiger charge is -2.46. The number of anilines is 1. The topological polar surface area (TPSA) is 78.5 Å². The Bertz CT molecular complexity index is 1340. The van der Waals surface area contributed by atoms with Crippen molar-refractivity contribution in [1.82, 2.24) is 10.2 Å². The Labute approximate surface area is 217 Å². The minimum absolute atomic E-state index is 0.135. The van der Waals surface area contributed by atoms with Gasteiger partial charge in [0.2, 0.25) is 9.84 Å². The summed E-state index contributed by atoms with van der Waals surface area (Å²) in [4.78, 5) is 15.8. The standard InChI is InChI=1S/C29H32FN3O3S/c30-23-14-12-22(13-15-23)19-25-8-5-18-33(25)21-29(16-6-17-29)32-28(34)31-24-7-4-11-27(20-24)37(35,36)26-9-2-1-3-10-26/h1-4,7,9-15,20,25H,5-6,8,16-19,21H2,(H2,31,32,34). The van der Waals surface area contributed by atoms with E-state index < -0.39 is 9.84 Å². The van der Waals surface area contributed by atoms with Gasteiger partial charge in [0.15, 0.2) is 0 Å². The minimum Gasteiger partial charge on any atom is -0.331 e. The van der Waals surface area contributed by atoms with Gasteiger partial charge in [-0.15, -0.1) is 0 Å². The second kappa shape index (κ2) is 10.6. The Hall–Kier alpha value is -3.23. The van der Waals surface area contributed by atoms with Crippen molar-refractivity contribution in [3.8, 4) is 0 Å². The first kappa shape index (κ1) is 25.4. The van der Waals surface area contributed by atoms with Crippen molar-refractivity contribution in [2.45, 2.75) is 59.9 Å². The lowest BCUT2D eigenvalue weighted by atomic mass is 9.76. The third kappa shape index (κ3) is 5.86. The number of amides is 2. The van der Waals surface area contributed by atoms with Crippen LogP contribution in [-0.4, -0.2) is 44.0 Å². The second-order valence-electron chi connectivity index (χ2n) is 10.2. The van der Waals surface area contributed by atoms with Crippen LogP contribution in [0.3, 0.4) is 0 Å². The molecule has 2 aliphatic rings. The third-order valence-electron chi connectivity index (χ3n) is 7.53. The summed E-state index contributed by atoms with van der Waals surface area (Å²) in [5.41, 5.74) is 1.25. The molecule has 0 bridgehead atoms. The lowest BCUT2D eigenvalue weighted by Crippen LogP contribution is -2.61. The van der Waals surface area contributed by atoms with Crippen molar-refractivity contribution in [3.63, 3.8) is 0 Å². The van der Waals surface area contributed by atoms with Gasteiger partial charge >= 0.3 is 6.03 Å². The number of benzene rings is 3. The number of hydrogen-bond donors (Lipinski definition) is 2. The predicted octanol–water partition coefficient (Wildman–Crippen LogP) is 5.41. The molecule has 0 aromatic heterocycles. The number of nitrogens with one attached hydrogen (secondary N) is 2. The number of halogens is 1. The molecule has 3 aromatic carbocycles. The van der Waals surface area contributed by atoms with Crippen molar-refractivity contribution in [2.75, 3.05) is 18.4 Å². The van der Waals surface area contributed by atoms with E-state index in [1.807, 2.05) is 12.1 Å². The van der Waals surface area contributed by atoms with E-state index >= 15 is 0 Å². The van der Waals surface area contributed by atoms with Gasteiger partial charge < -0.3 is 10.6 Å². The highest BCUT2D eigenvalue weighted by atomic mass is 32.2. The van der Waals surface area contributed by atoms with Crippen LogP contribution < -0.4 is 10.6 Å². The van der Waals surface area contributed by atoms with E-state index in [1.165, 1.54) is 24.3 Å². The Morgan fingerprint density at radius 2 is 1.68 bits per heavy atom. The summed E-state index contributed by atoms with van der Waals surface area (Å²) in [6.45, 7) is 1.75. The van der Waals surface area contributed by atoms with Crippen LogP contribution in [0, 0.1) is 5.82 Å². The molecule has 1 heterocycles. The monoisotopic (exact) mass is 521 g/mol. The van der Waals surface area contributed by atoms with Gasteiger partial charge in [0.1, 0.15) is 5.82 Å². The molecule has 2 amide bonds. The normalized spacial score (nSPS) is 19.2. The molecule has 3 aromatic rings. The first-order chi connectivity index (χ1) is 17.8.